The fraction of sp³-hybridized carbons (Fsp3) is 1.00. The van der Waals surface area contributed by atoms with Gasteiger partial charge in [-0.05, 0) is 52.7 Å². The van der Waals surface area contributed by atoms with Crippen LogP contribution < -0.4 is 5.32 Å². The molecule has 0 aliphatic carbocycles. The van der Waals surface area contributed by atoms with Gasteiger partial charge in [0.2, 0.25) is 0 Å². The Labute approximate surface area is 76.3 Å². The molecule has 1 saturated heterocycles. The monoisotopic (exact) mass is 170 g/mol. The first kappa shape index (κ1) is 10.0. The predicted molar refractivity (Wildman–Crippen MR) is 53.2 cm³/mol. The van der Waals surface area contributed by atoms with Crippen LogP contribution in [0.25, 0.3) is 0 Å². The molecule has 1 aliphatic heterocycles. The molecule has 0 aromatic rings. The van der Waals surface area contributed by atoms with Gasteiger partial charge in [0.15, 0.2) is 0 Å². The highest BCUT2D eigenvalue weighted by Gasteiger charge is 2.29. The molecule has 12 heavy (non-hydrogen) atoms. The summed E-state index contributed by atoms with van der Waals surface area (Å²) in [6.07, 6.45) is 5.25. The molecule has 1 heterocycles. The molecule has 1 aliphatic rings. The molecule has 0 radical (unpaired) electrons. The van der Waals surface area contributed by atoms with Crippen molar-refractivity contribution < 1.29 is 0 Å². The van der Waals surface area contributed by atoms with Crippen molar-refractivity contribution in [1.29, 1.82) is 0 Å². The Morgan fingerprint density at radius 1 is 1.42 bits per heavy atom. The minimum absolute atomic E-state index is 0.272. The van der Waals surface area contributed by atoms with Gasteiger partial charge in [0.1, 0.15) is 0 Å². The van der Waals surface area contributed by atoms with E-state index in [1.54, 1.807) is 0 Å². The third kappa shape index (κ3) is 2.20. The molecule has 1 unspecified atom stereocenters. The Morgan fingerprint density at radius 3 is 2.67 bits per heavy atom. The predicted octanol–water partition coefficient (Wildman–Crippen LogP) is 1.82. The molecule has 72 valence electrons. The maximum atomic E-state index is 3.61. The van der Waals surface area contributed by atoms with E-state index in [0.717, 1.165) is 0 Å². The number of rotatable bonds is 3. The number of piperidine rings is 1. The second-order valence-electron chi connectivity index (χ2n) is 4.08. The average molecular weight is 170 g/mol. The summed E-state index contributed by atoms with van der Waals surface area (Å²) in [4.78, 5) is 2.45. The van der Waals surface area contributed by atoms with Gasteiger partial charge in [-0.15, -0.1) is 0 Å². The van der Waals surface area contributed by atoms with E-state index in [1.165, 1.54) is 38.8 Å². The van der Waals surface area contributed by atoms with Gasteiger partial charge in [-0.3, -0.25) is 10.2 Å². The van der Waals surface area contributed by atoms with Crippen LogP contribution in [-0.2, 0) is 0 Å². The summed E-state index contributed by atoms with van der Waals surface area (Å²) in [7, 11) is 2.22. The Kier molecular flexibility index (Phi) is 3.53. The highest BCUT2D eigenvalue weighted by Crippen LogP contribution is 2.21. The summed E-state index contributed by atoms with van der Waals surface area (Å²) >= 11 is 0. The zero-order valence-corrected chi connectivity index (χ0v) is 8.69. The van der Waals surface area contributed by atoms with Crippen LogP contribution in [0.4, 0.5) is 0 Å². The first-order valence-corrected chi connectivity index (χ1v) is 5.15. The van der Waals surface area contributed by atoms with Gasteiger partial charge >= 0.3 is 0 Å². The lowest BCUT2D eigenvalue weighted by molar-refractivity contribution is 0.0700. The Balaban J connectivity index is 2.44. The van der Waals surface area contributed by atoms with Gasteiger partial charge in [-0.25, -0.2) is 0 Å². The van der Waals surface area contributed by atoms with Crippen molar-refractivity contribution in [2.45, 2.75) is 45.2 Å². The lowest BCUT2D eigenvalue weighted by Crippen LogP contribution is -2.57. The lowest BCUT2D eigenvalue weighted by Gasteiger charge is -2.42. The summed E-state index contributed by atoms with van der Waals surface area (Å²) in [5.74, 6) is 0. The van der Waals surface area contributed by atoms with E-state index in [1.807, 2.05) is 0 Å². The second-order valence-corrected chi connectivity index (χ2v) is 4.08. The van der Waals surface area contributed by atoms with E-state index in [4.69, 9.17) is 0 Å². The van der Waals surface area contributed by atoms with Crippen LogP contribution in [0.1, 0.15) is 39.5 Å². The van der Waals surface area contributed by atoms with Crippen molar-refractivity contribution in [3.63, 3.8) is 0 Å². The lowest BCUT2D eigenvalue weighted by atomic mass is 9.98. The molecule has 1 N–H and O–H groups in total. The van der Waals surface area contributed by atoms with E-state index < -0.39 is 0 Å². The maximum absolute atomic E-state index is 3.61. The average Bonchev–Trinajstić information content (AvgIpc) is 2.06. The molecule has 1 atom stereocenters. The first-order valence-electron chi connectivity index (χ1n) is 5.15. The zero-order valence-electron chi connectivity index (χ0n) is 8.69. The van der Waals surface area contributed by atoms with Crippen LogP contribution in [0.2, 0.25) is 0 Å². The maximum Gasteiger partial charge on any atom is 0.0680 e. The van der Waals surface area contributed by atoms with Crippen molar-refractivity contribution >= 4 is 0 Å². The van der Waals surface area contributed by atoms with Crippen LogP contribution >= 0.6 is 0 Å². The molecule has 0 bridgehead atoms. The smallest absolute Gasteiger partial charge is 0.0680 e. The molecule has 1 rings (SSSR count). The highest BCUT2D eigenvalue weighted by atomic mass is 15.3. The highest BCUT2D eigenvalue weighted by molar-refractivity contribution is 4.84. The third-order valence-electron chi connectivity index (χ3n) is 3.00. The Morgan fingerprint density at radius 2 is 2.17 bits per heavy atom. The molecule has 2 heteroatoms. The van der Waals surface area contributed by atoms with Crippen molar-refractivity contribution in [2.24, 2.45) is 0 Å². The van der Waals surface area contributed by atoms with E-state index in [2.05, 4.69) is 31.1 Å². The molecule has 2 nitrogen and oxygen atoms in total. The molecule has 0 spiro atoms. The molecule has 1 fully saturated rings. The van der Waals surface area contributed by atoms with Gasteiger partial charge in [0.25, 0.3) is 0 Å². The Bertz CT molecular complexity index is 128. The summed E-state index contributed by atoms with van der Waals surface area (Å²) in [5, 5.41) is 3.61. The van der Waals surface area contributed by atoms with E-state index in [-0.39, 0.29) is 5.66 Å². The second kappa shape index (κ2) is 4.24. The van der Waals surface area contributed by atoms with Gasteiger partial charge in [0, 0.05) is 0 Å². The molecular formula is C10H22N2. The van der Waals surface area contributed by atoms with Gasteiger partial charge in [0.05, 0.1) is 5.66 Å². The summed E-state index contributed by atoms with van der Waals surface area (Å²) in [5.41, 5.74) is 0.272. The quantitative estimate of drug-likeness (QED) is 0.695. The van der Waals surface area contributed by atoms with Crippen molar-refractivity contribution in [3.05, 3.63) is 0 Å². The number of hydrogen-bond acceptors (Lipinski definition) is 2. The van der Waals surface area contributed by atoms with Crippen molar-refractivity contribution in [1.82, 2.24) is 10.2 Å². The van der Waals surface area contributed by atoms with Crippen molar-refractivity contribution in [2.75, 3.05) is 20.1 Å². The number of nitrogens with one attached hydrogen (secondary N) is 1. The van der Waals surface area contributed by atoms with E-state index in [9.17, 15) is 0 Å². The van der Waals surface area contributed by atoms with Gasteiger partial charge in [-0.1, -0.05) is 6.92 Å². The van der Waals surface area contributed by atoms with E-state index >= 15 is 0 Å². The fourth-order valence-corrected chi connectivity index (χ4v) is 1.95. The zero-order chi connectivity index (χ0) is 9.03. The molecular weight excluding hydrogens is 148 g/mol. The van der Waals surface area contributed by atoms with Crippen LogP contribution in [0.3, 0.4) is 0 Å². The van der Waals surface area contributed by atoms with E-state index in [0.29, 0.717) is 0 Å². The molecule has 0 amide bonds. The molecule has 0 aromatic heterocycles. The van der Waals surface area contributed by atoms with Crippen LogP contribution in [0.15, 0.2) is 0 Å². The minimum atomic E-state index is 0.272. The number of nitrogens with zero attached hydrogens (tertiary/aromatic N) is 1. The van der Waals surface area contributed by atoms with Crippen LogP contribution in [-0.4, -0.2) is 30.7 Å². The normalized spacial score (nSPS) is 31.0. The standard InChI is InChI=1S/C10H22N2/c1-4-9-12(3)10(2)7-5-6-8-11-10/h11H,4-9H2,1-3H3. The summed E-state index contributed by atoms with van der Waals surface area (Å²) in [6, 6.07) is 0. The SMILES string of the molecule is CCCN(C)C1(C)CCCCN1. The van der Waals surface area contributed by atoms with Crippen LogP contribution in [0, 0.1) is 0 Å². The molecule has 0 aromatic carbocycles. The first-order chi connectivity index (χ1) is 5.69. The third-order valence-corrected chi connectivity index (χ3v) is 3.00. The number of hydrogen-bond donors (Lipinski definition) is 1. The fourth-order valence-electron chi connectivity index (χ4n) is 1.95. The largest absolute Gasteiger partial charge is 0.299 e. The van der Waals surface area contributed by atoms with Crippen molar-refractivity contribution in [3.8, 4) is 0 Å². The van der Waals surface area contributed by atoms with Gasteiger partial charge in [-0.2, -0.15) is 0 Å². The summed E-state index contributed by atoms with van der Waals surface area (Å²) in [6.45, 7) is 6.94. The topological polar surface area (TPSA) is 15.3 Å². The van der Waals surface area contributed by atoms with Gasteiger partial charge < -0.3 is 0 Å². The Hall–Kier alpha value is -0.0800. The van der Waals surface area contributed by atoms with Crippen LogP contribution in [0.5, 0.6) is 0 Å². The minimum Gasteiger partial charge on any atom is -0.299 e. The molecule has 0 saturated carbocycles. The summed E-state index contributed by atoms with van der Waals surface area (Å²) < 4.78 is 0.